The normalized spacial score (nSPS) is 10.6. The lowest BCUT2D eigenvalue weighted by molar-refractivity contribution is 0.396. The smallest absolute Gasteiger partial charge is 0.213 e. The SMILES string of the molecule is COc1cccc(CNc2ccc3ncsc3c2)n1. The van der Waals surface area contributed by atoms with Gasteiger partial charge in [-0.2, -0.15) is 0 Å². The highest BCUT2D eigenvalue weighted by atomic mass is 32.1. The van der Waals surface area contributed by atoms with Gasteiger partial charge in [0.15, 0.2) is 0 Å². The first-order chi connectivity index (χ1) is 9.35. The molecular formula is C14H13N3OS. The lowest BCUT2D eigenvalue weighted by Gasteiger charge is -2.07. The second-order valence-corrected chi connectivity index (χ2v) is 4.95. The van der Waals surface area contributed by atoms with Gasteiger partial charge >= 0.3 is 0 Å². The Kier molecular flexibility index (Phi) is 3.29. The van der Waals surface area contributed by atoms with Crippen molar-refractivity contribution in [2.45, 2.75) is 6.54 Å². The van der Waals surface area contributed by atoms with Crippen LogP contribution in [-0.2, 0) is 6.54 Å². The fourth-order valence-corrected chi connectivity index (χ4v) is 2.54. The van der Waals surface area contributed by atoms with E-state index >= 15 is 0 Å². The summed E-state index contributed by atoms with van der Waals surface area (Å²) in [7, 11) is 1.62. The molecule has 0 atom stereocenters. The van der Waals surface area contributed by atoms with Crippen LogP contribution in [0.1, 0.15) is 5.69 Å². The molecule has 0 spiro atoms. The zero-order chi connectivity index (χ0) is 13.1. The average molecular weight is 271 g/mol. The Morgan fingerprint density at radius 3 is 3.11 bits per heavy atom. The summed E-state index contributed by atoms with van der Waals surface area (Å²) in [6.07, 6.45) is 0. The maximum atomic E-state index is 5.11. The van der Waals surface area contributed by atoms with Crippen LogP contribution in [0.5, 0.6) is 5.88 Å². The Morgan fingerprint density at radius 1 is 1.26 bits per heavy atom. The van der Waals surface area contributed by atoms with Crippen molar-refractivity contribution in [1.82, 2.24) is 9.97 Å². The zero-order valence-corrected chi connectivity index (χ0v) is 11.3. The van der Waals surface area contributed by atoms with Gasteiger partial charge in [0, 0.05) is 11.8 Å². The molecule has 0 fully saturated rings. The number of benzene rings is 1. The van der Waals surface area contributed by atoms with Crippen molar-refractivity contribution in [2.24, 2.45) is 0 Å². The molecule has 1 N–H and O–H groups in total. The molecule has 1 aromatic carbocycles. The van der Waals surface area contributed by atoms with Gasteiger partial charge in [-0.05, 0) is 24.3 Å². The van der Waals surface area contributed by atoms with E-state index in [2.05, 4.69) is 21.4 Å². The fourth-order valence-electron chi connectivity index (χ4n) is 1.83. The van der Waals surface area contributed by atoms with Crippen molar-refractivity contribution in [2.75, 3.05) is 12.4 Å². The number of hydrogen-bond acceptors (Lipinski definition) is 5. The van der Waals surface area contributed by atoms with Crippen LogP contribution in [0.25, 0.3) is 10.2 Å². The number of nitrogens with zero attached hydrogens (tertiary/aromatic N) is 2. The standard InChI is InChI=1S/C14H13N3OS/c1-18-14-4-2-3-11(17-14)8-15-10-5-6-12-13(7-10)19-9-16-12/h2-7,9,15H,8H2,1H3. The molecule has 0 radical (unpaired) electrons. The average Bonchev–Trinajstić information content (AvgIpc) is 2.93. The molecule has 0 aliphatic rings. The highest BCUT2D eigenvalue weighted by Crippen LogP contribution is 2.22. The molecule has 0 aliphatic heterocycles. The van der Waals surface area contributed by atoms with Gasteiger partial charge in [0.25, 0.3) is 0 Å². The number of anilines is 1. The lowest BCUT2D eigenvalue weighted by atomic mass is 10.3. The molecule has 0 saturated heterocycles. The molecule has 0 unspecified atom stereocenters. The van der Waals surface area contributed by atoms with E-state index in [-0.39, 0.29) is 0 Å². The Balaban J connectivity index is 1.74. The summed E-state index contributed by atoms with van der Waals surface area (Å²) in [5.41, 5.74) is 4.91. The van der Waals surface area contributed by atoms with Gasteiger partial charge in [-0.25, -0.2) is 9.97 Å². The van der Waals surface area contributed by atoms with E-state index in [1.54, 1.807) is 18.4 Å². The van der Waals surface area contributed by atoms with E-state index in [1.165, 1.54) is 4.70 Å². The number of methoxy groups -OCH3 is 1. The van der Waals surface area contributed by atoms with E-state index in [9.17, 15) is 0 Å². The number of thiazole rings is 1. The van der Waals surface area contributed by atoms with Crippen LogP contribution in [0.3, 0.4) is 0 Å². The van der Waals surface area contributed by atoms with Gasteiger partial charge in [-0.15, -0.1) is 11.3 Å². The van der Waals surface area contributed by atoms with Crippen molar-refractivity contribution >= 4 is 27.2 Å². The van der Waals surface area contributed by atoms with Crippen molar-refractivity contribution in [3.8, 4) is 5.88 Å². The number of rotatable bonds is 4. The predicted octanol–water partition coefficient (Wildman–Crippen LogP) is 3.31. The van der Waals surface area contributed by atoms with Gasteiger partial charge in [0.05, 0.1) is 35.1 Å². The summed E-state index contributed by atoms with van der Waals surface area (Å²) in [5, 5.41) is 3.36. The molecule has 4 nitrogen and oxygen atoms in total. The second-order valence-electron chi connectivity index (χ2n) is 4.06. The first-order valence-corrected chi connectivity index (χ1v) is 6.80. The number of ether oxygens (including phenoxy) is 1. The minimum absolute atomic E-state index is 0.636. The molecule has 96 valence electrons. The van der Waals surface area contributed by atoms with Crippen LogP contribution in [0.4, 0.5) is 5.69 Å². The Bertz CT molecular complexity index is 696. The van der Waals surface area contributed by atoms with E-state index < -0.39 is 0 Å². The van der Waals surface area contributed by atoms with Crippen LogP contribution in [-0.4, -0.2) is 17.1 Å². The first-order valence-electron chi connectivity index (χ1n) is 5.92. The zero-order valence-electron chi connectivity index (χ0n) is 10.5. The van der Waals surface area contributed by atoms with E-state index in [1.807, 2.05) is 35.8 Å². The van der Waals surface area contributed by atoms with Gasteiger partial charge in [0.1, 0.15) is 0 Å². The van der Waals surface area contributed by atoms with Crippen molar-refractivity contribution in [3.05, 3.63) is 47.6 Å². The molecule has 3 rings (SSSR count). The van der Waals surface area contributed by atoms with Crippen LogP contribution >= 0.6 is 11.3 Å². The topological polar surface area (TPSA) is 47.0 Å². The highest BCUT2D eigenvalue weighted by molar-refractivity contribution is 7.16. The number of aromatic nitrogens is 2. The number of nitrogens with one attached hydrogen (secondary N) is 1. The molecule has 5 heteroatoms. The Morgan fingerprint density at radius 2 is 2.21 bits per heavy atom. The molecule has 0 aliphatic carbocycles. The number of fused-ring (bicyclic) bond motifs is 1. The van der Waals surface area contributed by atoms with Crippen LogP contribution in [0, 0.1) is 0 Å². The summed E-state index contributed by atoms with van der Waals surface area (Å²) in [5.74, 6) is 0.636. The quantitative estimate of drug-likeness (QED) is 0.790. The minimum atomic E-state index is 0.636. The molecule has 0 bridgehead atoms. The van der Waals surface area contributed by atoms with Crippen molar-refractivity contribution in [3.63, 3.8) is 0 Å². The lowest BCUT2D eigenvalue weighted by Crippen LogP contribution is -2.02. The Hall–Kier alpha value is -2.14. The monoisotopic (exact) mass is 271 g/mol. The largest absolute Gasteiger partial charge is 0.481 e. The summed E-state index contributed by atoms with van der Waals surface area (Å²) in [6.45, 7) is 0.668. The molecule has 0 saturated carbocycles. The van der Waals surface area contributed by atoms with Gasteiger partial charge in [0.2, 0.25) is 5.88 Å². The Labute approximate surface area is 115 Å². The maximum absolute atomic E-state index is 5.11. The van der Waals surface area contributed by atoms with E-state index in [4.69, 9.17) is 4.74 Å². The van der Waals surface area contributed by atoms with Crippen LogP contribution in [0.15, 0.2) is 41.9 Å². The maximum Gasteiger partial charge on any atom is 0.213 e. The molecule has 3 aromatic rings. The summed E-state index contributed by atoms with van der Waals surface area (Å²) < 4.78 is 6.29. The van der Waals surface area contributed by atoms with Gasteiger partial charge in [-0.1, -0.05) is 6.07 Å². The minimum Gasteiger partial charge on any atom is -0.481 e. The summed E-state index contributed by atoms with van der Waals surface area (Å²) in [6, 6.07) is 11.9. The van der Waals surface area contributed by atoms with Gasteiger partial charge in [-0.3, -0.25) is 0 Å². The first kappa shape index (κ1) is 11.9. The van der Waals surface area contributed by atoms with E-state index in [0.29, 0.717) is 12.4 Å². The number of pyridine rings is 1. The van der Waals surface area contributed by atoms with Crippen molar-refractivity contribution < 1.29 is 4.74 Å². The third-order valence-electron chi connectivity index (χ3n) is 2.80. The molecular weight excluding hydrogens is 258 g/mol. The van der Waals surface area contributed by atoms with E-state index in [0.717, 1.165) is 16.9 Å². The molecule has 0 amide bonds. The third-order valence-corrected chi connectivity index (χ3v) is 3.59. The second kappa shape index (κ2) is 5.24. The molecule has 19 heavy (non-hydrogen) atoms. The summed E-state index contributed by atoms with van der Waals surface area (Å²) in [4.78, 5) is 8.63. The van der Waals surface area contributed by atoms with Gasteiger partial charge < -0.3 is 10.1 Å². The molecule has 2 aromatic heterocycles. The highest BCUT2D eigenvalue weighted by Gasteiger charge is 2.00. The van der Waals surface area contributed by atoms with Crippen LogP contribution in [0.2, 0.25) is 0 Å². The predicted molar refractivity (Wildman–Crippen MR) is 77.7 cm³/mol. The number of hydrogen-bond donors (Lipinski definition) is 1. The fraction of sp³-hybridized carbons (Fsp3) is 0.143. The summed E-state index contributed by atoms with van der Waals surface area (Å²) >= 11 is 1.64. The van der Waals surface area contributed by atoms with Crippen LogP contribution < -0.4 is 10.1 Å². The molecule has 2 heterocycles. The third kappa shape index (κ3) is 2.66. The van der Waals surface area contributed by atoms with Crippen molar-refractivity contribution in [1.29, 1.82) is 0 Å².